The smallest absolute Gasteiger partial charge is 0.422 e. The lowest BCUT2D eigenvalue weighted by molar-refractivity contribution is -0.154. The molecular weight excluding hydrogens is 381 g/mol. The summed E-state index contributed by atoms with van der Waals surface area (Å²) in [6.07, 6.45) is -1.31. The van der Waals surface area contributed by atoms with E-state index in [1.807, 2.05) is 0 Å². The molecule has 0 saturated carbocycles. The zero-order valence-electron chi connectivity index (χ0n) is 15.1. The van der Waals surface area contributed by atoms with E-state index in [9.17, 15) is 22.8 Å². The van der Waals surface area contributed by atoms with Gasteiger partial charge in [-0.1, -0.05) is 19.9 Å². The van der Waals surface area contributed by atoms with E-state index in [-0.39, 0.29) is 30.0 Å². The molecule has 1 unspecified atom stereocenters. The van der Waals surface area contributed by atoms with Gasteiger partial charge in [0, 0.05) is 30.9 Å². The van der Waals surface area contributed by atoms with Crippen molar-refractivity contribution in [2.45, 2.75) is 32.9 Å². The Morgan fingerprint density at radius 2 is 2.07 bits per heavy atom. The lowest BCUT2D eigenvalue weighted by Crippen LogP contribution is -2.48. The fourth-order valence-electron chi connectivity index (χ4n) is 2.13. The summed E-state index contributed by atoms with van der Waals surface area (Å²) in [6, 6.07) is 2.81. The number of nitrogens with one attached hydrogen (secondary N) is 1. The van der Waals surface area contributed by atoms with E-state index >= 15 is 0 Å². The van der Waals surface area contributed by atoms with Crippen molar-refractivity contribution in [2.24, 2.45) is 10.9 Å². The second-order valence-electron chi connectivity index (χ2n) is 6.25. The second kappa shape index (κ2) is 8.72. The molecule has 0 radical (unpaired) electrons. The third-order valence-corrected chi connectivity index (χ3v) is 3.56. The Morgan fingerprint density at radius 1 is 1.36 bits per heavy atom. The van der Waals surface area contributed by atoms with Crippen molar-refractivity contribution in [1.82, 2.24) is 15.2 Å². The maximum absolute atomic E-state index is 12.2. The molecule has 2 heterocycles. The molecule has 0 fully saturated rings. The number of hydrogen-bond donors (Lipinski definition) is 2. The van der Waals surface area contributed by atoms with E-state index in [0.29, 0.717) is 5.56 Å². The number of aliphatic carboxylic acids is 1. The zero-order chi connectivity index (χ0) is 20.9. The molecule has 11 heteroatoms. The van der Waals surface area contributed by atoms with Crippen LogP contribution in [0.25, 0.3) is 0 Å². The van der Waals surface area contributed by atoms with Crippen LogP contribution >= 0.6 is 0 Å². The molecule has 2 rings (SSSR count). The monoisotopic (exact) mass is 400 g/mol. The average molecular weight is 400 g/mol. The number of halogens is 3. The number of amides is 1. The lowest BCUT2D eigenvalue weighted by atomic mass is 10.2. The molecule has 8 nitrogen and oxygen atoms in total. The number of pyridine rings is 1. The highest BCUT2D eigenvalue weighted by Crippen LogP contribution is 2.18. The maximum atomic E-state index is 12.2. The van der Waals surface area contributed by atoms with Gasteiger partial charge in [0.15, 0.2) is 12.9 Å². The van der Waals surface area contributed by atoms with Crippen LogP contribution in [0, 0.1) is 5.92 Å². The van der Waals surface area contributed by atoms with Gasteiger partial charge in [-0.15, -0.1) is 0 Å². The Kier molecular flexibility index (Phi) is 6.60. The summed E-state index contributed by atoms with van der Waals surface area (Å²) in [7, 11) is 0. The van der Waals surface area contributed by atoms with Gasteiger partial charge in [0.25, 0.3) is 0 Å². The molecule has 1 aliphatic rings. The molecule has 1 atom stereocenters. The minimum atomic E-state index is -4.46. The number of hydrogen-bond acceptors (Lipinski definition) is 6. The minimum absolute atomic E-state index is 0.175. The summed E-state index contributed by atoms with van der Waals surface area (Å²) >= 11 is 0. The molecule has 0 aromatic carbocycles. The summed E-state index contributed by atoms with van der Waals surface area (Å²) in [5.41, 5.74) is 0.390. The molecule has 2 N–H and O–H groups in total. The number of carbonyl (C=O) groups is 2. The lowest BCUT2D eigenvalue weighted by Gasteiger charge is -2.31. The summed E-state index contributed by atoms with van der Waals surface area (Å²) in [5.74, 6) is -2.05. The summed E-state index contributed by atoms with van der Waals surface area (Å²) in [6.45, 7) is 2.11. The molecule has 1 aromatic heterocycles. The van der Waals surface area contributed by atoms with Crippen LogP contribution in [0.1, 0.15) is 19.4 Å². The van der Waals surface area contributed by atoms with Crippen LogP contribution in [0.3, 0.4) is 0 Å². The van der Waals surface area contributed by atoms with Gasteiger partial charge in [0.2, 0.25) is 11.8 Å². The summed E-state index contributed by atoms with van der Waals surface area (Å²) < 4.78 is 41.0. The number of aromatic nitrogens is 1. The van der Waals surface area contributed by atoms with E-state index in [4.69, 9.17) is 5.11 Å². The molecule has 1 aliphatic heterocycles. The van der Waals surface area contributed by atoms with Gasteiger partial charge in [0.1, 0.15) is 5.71 Å². The quantitative estimate of drug-likeness (QED) is 0.725. The van der Waals surface area contributed by atoms with Gasteiger partial charge in [0.05, 0.1) is 0 Å². The largest absolute Gasteiger partial charge is 0.477 e. The van der Waals surface area contributed by atoms with Gasteiger partial charge < -0.3 is 20.1 Å². The predicted octanol–water partition coefficient (Wildman–Crippen LogP) is 1.93. The van der Waals surface area contributed by atoms with Crippen molar-refractivity contribution >= 4 is 17.6 Å². The molecule has 0 saturated heterocycles. The number of carboxylic acids is 1. The van der Waals surface area contributed by atoms with Crippen molar-refractivity contribution < 1.29 is 32.6 Å². The van der Waals surface area contributed by atoms with E-state index in [2.05, 4.69) is 20.0 Å². The number of aliphatic imine (C=N–C) groups is 1. The molecule has 0 spiro atoms. The normalized spacial score (nSPS) is 16.7. The van der Waals surface area contributed by atoms with Crippen LogP contribution in [0.5, 0.6) is 5.88 Å². The van der Waals surface area contributed by atoms with E-state index in [1.54, 1.807) is 18.7 Å². The Hall–Kier alpha value is -3.11. The average Bonchev–Trinajstić information content (AvgIpc) is 2.61. The van der Waals surface area contributed by atoms with Crippen LogP contribution < -0.4 is 10.1 Å². The van der Waals surface area contributed by atoms with Gasteiger partial charge in [-0.05, 0) is 11.6 Å². The minimum Gasteiger partial charge on any atom is -0.477 e. The fourth-order valence-corrected chi connectivity index (χ4v) is 2.13. The van der Waals surface area contributed by atoms with Gasteiger partial charge >= 0.3 is 12.1 Å². The third-order valence-electron chi connectivity index (χ3n) is 3.56. The first-order valence-corrected chi connectivity index (χ1v) is 8.25. The number of ether oxygens (including phenoxy) is 1. The van der Waals surface area contributed by atoms with Crippen LogP contribution in [-0.4, -0.2) is 51.7 Å². The number of carbonyl (C=O) groups excluding carboxylic acids is 1. The Labute approximate surface area is 158 Å². The van der Waals surface area contributed by atoms with Crippen molar-refractivity contribution in [1.29, 1.82) is 0 Å². The molecule has 28 heavy (non-hydrogen) atoms. The SMILES string of the molecule is CC(C)C(=O)NC1N=C(C(=O)O)C=CN1Cc1ccc(OCC(F)(F)F)nc1. The molecule has 1 amide bonds. The first kappa shape index (κ1) is 21.2. The Balaban J connectivity index is 2.08. The first-order valence-electron chi connectivity index (χ1n) is 8.25. The van der Waals surface area contributed by atoms with E-state index in [1.165, 1.54) is 30.6 Å². The predicted molar refractivity (Wildman–Crippen MR) is 92.3 cm³/mol. The maximum Gasteiger partial charge on any atom is 0.422 e. The number of nitrogens with zero attached hydrogens (tertiary/aromatic N) is 3. The highest BCUT2D eigenvalue weighted by molar-refractivity contribution is 6.40. The molecule has 1 aromatic rings. The van der Waals surface area contributed by atoms with Crippen LogP contribution in [0.2, 0.25) is 0 Å². The number of carboxylic acid groups (broad SMARTS) is 1. The first-order chi connectivity index (χ1) is 13.0. The van der Waals surface area contributed by atoms with Crippen LogP contribution in [0.15, 0.2) is 35.6 Å². The molecule has 152 valence electrons. The van der Waals surface area contributed by atoms with Crippen molar-refractivity contribution in [2.75, 3.05) is 6.61 Å². The van der Waals surface area contributed by atoms with Gasteiger partial charge in [-0.25, -0.2) is 14.8 Å². The van der Waals surface area contributed by atoms with Gasteiger partial charge in [-0.2, -0.15) is 13.2 Å². The van der Waals surface area contributed by atoms with E-state index in [0.717, 1.165) is 0 Å². The highest BCUT2D eigenvalue weighted by Gasteiger charge is 2.28. The van der Waals surface area contributed by atoms with Crippen molar-refractivity contribution in [3.05, 3.63) is 36.2 Å². The Bertz CT molecular complexity index is 776. The van der Waals surface area contributed by atoms with Crippen molar-refractivity contribution in [3.8, 4) is 5.88 Å². The Morgan fingerprint density at radius 3 is 2.61 bits per heavy atom. The fraction of sp³-hybridized carbons (Fsp3) is 0.412. The topological polar surface area (TPSA) is 104 Å². The molecule has 0 aliphatic carbocycles. The van der Waals surface area contributed by atoms with Crippen LogP contribution in [0.4, 0.5) is 13.2 Å². The highest BCUT2D eigenvalue weighted by atomic mass is 19.4. The summed E-state index contributed by atoms with van der Waals surface area (Å²) in [5, 5.41) is 11.7. The van der Waals surface area contributed by atoms with Crippen LogP contribution in [-0.2, 0) is 16.1 Å². The third kappa shape index (κ3) is 6.25. The zero-order valence-corrected chi connectivity index (χ0v) is 15.1. The van der Waals surface area contributed by atoms with Crippen molar-refractivity contribution in [3.63, 3.8) is 0 Å². The standard InChI is InChI=1S/C17H19F3N4O4/c1-10(2)14(25)23-16-22-12(15(26)27)5-6-24(16)8-11-3-4-13(21-7-11)28-9-17(18,19)20/h3-7,10,16H,8-9H2,1-2H3,(H,23,25)(H,26,27). The number of alkyl halides is 3. The number of rotatable bonds is 7. The molecular formula is C17H19F3N4O4. The van der Waals surface area contributed by atoms with E-state index < -0.39 is 25.0 Å². The van der Waals surface area contributed by atoms with Gasteiger partial charge in [-0.3, -0.25) is 4.79 Å². The summed E-state index contributed by atoms with van der Waals surface area (Å²) in [4.78, 5) is 32.5. The molecule has 0 bridgehead atoms. The second-order valence-corrected chi connectivity index (χ2v) is 6.25.